The van der Waals surface area contributed by atoms with E-state index in [1.807, 2.05) is 6.07 Å². The van der Waals surface area contributed by atoms with Gasteiger partial charge in [0.15, 0.2) is 0 Å². The summed E-state index contributed by atoms with van der Waals surface area (Å²) in [6.07, 6.45) is 18.9. The van der Waals surface area contributed by atoms with Gasteiger partial charge in [-0.25, -0.2) is 4.39 Å². The molecule has 0 bridgehead atoms. The van der Waals surface area contributed by atoms with Crippen LogP contribution in [0.1, 0.15) is 114 Å². The molecule has 4 rings (SSSR count). The highest BCUT2D eigenvalue weighted by molar-refractivity contribution is 5.28. The van der Waals surface area contributed by atoms with Crippen molar-refractivity contribution in [2.75, 3.05) is 0 Å². The van der Waals surface area contributed by atoms with Gasteiger partial charge in [-0.05, 0) is 117 Å². The second kappa shape index (κ2) is 9.97. The first kappa shape index (κ1) is 21.4. The highest BCUT2D eigenvalue weighted by atomic mass is 19.1. The van der Waals surface area contributed by atoms with Crippen molar-refractivity contribution < 1.29 is 4.39 Å². The summed E-state index contributed by atoms with van der Waals surface area (Å²) >= 11 is 0. The average molecular weight is 399 g/mol. The number of hydrogen-bond acceptors (Lipinski definition) is 0. The molecule has 1 heteroatoms. The lowest BCUT2D eigenvalue weighted by Crippen LogP contribution is -2.34. The van der Waals surface area contributed by atoms with Gasteiger partial charge in [0.25, 0.3) is 0 Å². The van der Waals surface area contributed by atoms with Crippen LogP contribution in [-0.2, 0) is 6.42 Å². The number of fused-ring (bicyclic) bond motifs is 1. The molecule has 3 aliphatic rings. The molecule has 3 saturated carbocycles. The second-order valence-corrected chi connectivity index (χ2v) is 10.7. The van der Waals surface area contributed by atoms with Crippen LogP contribution in [0.3, 0.4) is 0 Å². The Bertz CT molecular complexity index is 642. The standard InChI is InChI=1S/C28H43F/c1-3-5-6-22-11-12-27(19-28(22)29)26-16-15-24-17-23(13-14-25(24)18-26)21-9-7-20(4-2)8-10-21/h11-12,19-21,23-26H,3-10,13-18H2,1-2H3. The number of unbranched alkanes of at least 4 members (excludes halogenated alkanes) is 1. The molecule has 0 saturated heterocycles. The third-order valence-corrected chi connectivity index (χ3v) is 9.14. The first-order valence-corrected chi connectivity index (χ1v) is 13.0. The van der Waals surface area contributed by atoms with Gasteiger partial charge in [0, 0.05) is 0 Å². The molecule has 0 spiro atoms. The van der Waals surface area contributed by atoms with Crippen molar-refractivity contribution in [2.24, 2.45) is 29.6 Å². The van der Waals surface area contributed by atoms with Crippen molar-refractivity contribution in [1.29, 1.82) is 0 Å². The van der Waals surface area contributed by atoms with Gasteiger partial charge in [-0.15, -0.1) is 0 Å². The fourth-order valence-electron chi connectivity index (χ4n) is 7.11. The molecular formula is C28H43F. The molecule has 0 amide bonds. The van der Waals surface area contributed by atoms with E-state index in [-0.39, 0.29) is 5.82 Å². The molecule has 0 nitrogen and oxygen atoms in total. The Hall–Kier alpha value is -0.850. The summed E-state index contributed by atoms with van der Waals surface area (Å²) in [6.45, 7) is 4.55. The quantitative estimate of drug-likeness (QED) is 0.449. The summed E-state index contributed by atoms with van der Waals surface area (Å²) in [5, 5.41) is 0. The van der Waals surface area contributed by atoms with Crippen molar-refractivity contribution in [3.8, 4) is 0 Å². The van der Waals surface area contributed by atoms with Crippen molar-refractivity contribution >= 4 is 0 Å². The molecule has 0 radical (unpaired) electrons. The zero-order valence-corrected chi connectivity index (χ0v) is 19.0. The lowest BCUT2D eigenvalue weighted by atomic mass is 9.60. The summed E-state index contributed by atoms with van der Waals surface area (Å²) in [5.74, 6) is 5.57. The topological polar surface area (TPSA) is 0 Å². The van der Waals surface area contributed by atoms with E-state index in [1.165, 1.54) is 76.2 Å². The zero-order chi connectivity index (χ0) is 20.2. The van der Waals surface area contributed by atoms with E-state index >= 15 is 0 Å². The highest BCUT2D eigenvalue weighted by Crippen LogP contribution is 2.51. The summed E-state index contributed by atoms with van der Waals surface area (Å²) in [7, 11) is 0. The summed E-state index contributed by atoms with van der Waals surface area (Å²) in [4.78, 5) is 0. The van der Waals surface area contributed by atoms with Gasteiger partial charge in [-0.2, -0.15) is 0 Å². The molecule has 4 unspecified atom stereocenters. The third kappa shape index (κ3) is 5.08. The number of halogens is 1. The van der Waals surface area contributed by atoms with Crippen LogP contribution in [0.2, 0.25) is 0 Å². The fourth-order valence-corrected chi connectivity index (χ4v) is 7.11. The maximum absolute atomic E-state index is 14.6. The smallest absolute Gasteiger partial charge is 0.126 e. The predicted molar refractivity (Wildman–Crippen MR) is 122 cm³/mol. The molecule has 29 heavy (non-hydrogen) atoms. The minimum Gasteiger partial charge on any atom is -0.207 e. The van der Waals surface area contributed by atoms with Crippen LogP contribution in [0.15, 0.2) is 18.2 Å². The average Bonchev–Trinajstić information content (AvgIpc) is 2.77. The van der Waals surface area contributed by atoms with Crippen LogP contribution in [0.25, 0.3) is 0 Å². The van der Waals surface area contributed by atoms with Crippen LogP contribution in [0.5, 0.6) is 0 Å². The maximum Gasteiger partial charge on any atom is 0.126 e. The molecule has 1 aromatic rings. The number of rotatable bonds is 6. The monoisotopic (exact) mass is 398 g/mol. The van der Waals surface area contributed by atoms with E-state index in [0.29, 0.717) is 5.92 Å². The normalized spacial score (nSPS) is 35.3. The molecule has 0 aromatic heterocycles. The minimum absolute atomic E-state index is 0.0458. The Morgan fingerprint density at radius 1 is 0.793 bits per heavy atom. The van der Waals surface area contributed by atoms with Gasteiger partial charge in [0.05, 0.1) is 0 Å². The first-order valence-electron chi connectivity index (χ1n) is 13.0. The summed E-state index contributed by atoms with van der Waals surface area (Å²) in [6, 6.07) is 6.21. The first-order chi connectivity index (χ1) is 14.2. The number of hydrogen-bond donors (Lipinski definition) is 0. The predicted octanol–water partition coefficient (Wildman–Crippen LogP) is 8.68. The Balaban J connectivity index is 1.31. The molecular weight excluding hydrogens is 355 g/mol. The third-order valence-electron chi connectivity index (χ3n) is 9.14. The molecule has 0 N–H and O–H groups in total. The molecule has 162 valence electrons. The molecule has 3 aliphatic carbocycles. The molecule has 0 heterocycles. The lowest BCUT2D eigenvalue weighted by molar-refractivity contribution is 0.0716. The van der Waals surface area contributed by atoms with E-state index in [9.17, 15) is 4.39 Å². The molecule has 1 aromatic carbocycles. The Kier molecular flexibility index (Phi) is 7.35. The lowest BCUT2D eigenvalue weighted by Gasteiger charge is -2.45. The highest BCUT2D eigenvalue weighted by Gasteiger charge is 2.39. The Labute approximate surface area is 179 Å². The largest absolute Gasteiger partial charge is 0.207 e. The fraction of sp³-hybridized carbons (Fsp3) is 0.786. The Morgan fingerprint density at radius 2 is 1.45 bits per heavy atom. The van der Waals surface area contributed by atoms with Crippen molar-refractivity contribution in [2.45, 2.75) is 110 Å². The number of aryl methyl sites for hydroxylation is 1. The Morgan fingerprint density at radius 3 is 2.14 bits per heavy atom. The van der Waals surface area contributed by atoms with Gasteiger partial charge in [-0.3, -0.25) is 0 Å². The van der Waals surface area contributed by atoms with E-state index in [4.69, 9.17) is 0 Å². The van der Waals surface area contributed by atoms with Crippen LogP contribution in [0, 0.1) is 35.4 Å². The van der Waals surface area contributed by atoms with Crippen molar-refractivity contribution in [3.63, 3.8) is 0 Å². The molecule has 3 fully saturated rings. The zero-order valence-electron chi connectivity index (χ0n) is 19.0. The van der Waals surface area contributed by atoms with Gasteiger partial charge in [0.2, 0.25) is 0 Å². The van der Waals surface area contributed by atoms with E-state index in [1.54, 1.807) is 0 Å². The van der Waals surface area contributed by atoms with Gasteiger partial charge in [-0.1, -0.05) is 51.7 Å². The molecule has 4 atom stereocenters. The van der Waals surface area contributed by atoms with Crippen molar-refractivity contribution in [3.05, 3.63) is 35.1 Å². The van der Waals surface area contributed by atoms with Crippen molar-refractivity contribution in [1.82, 2.24) is 0 Å². The second-order valence-electron chi connectivity index (χ2n) is 10.7. The van der Waals surface area contributed by atoms with Crippen LogP contribution in [0.4, 0.5) is 4.39 Å². The van der Waals surface area contributed by atoms with E-state index < -0.39 is 0 Å². The molecule has 0 aliphatic heterocycles. The van der Waals surface area contributed by atoms with Gasteiger partial charge >= 0.3 is 0 Å². The van der Waals surface area contributed by atoms with Crippen LogP contribution in [-0.4, -0.2) is 0 Å². The maximum atomic E-state index is 14.6. The van der Waals surface area contributed by atoms with Gasteiger partial charge < -0.3 is 0 Å². The van der Waals surface area contributed by atoms with Crippen LogP contribution < -0.4 is 0 Å². The minimum atomic E-state index is 0.0458. The van der Waals surface area contributed by atoms with Crippen LogP contribution >= 0.6 is 0 Å². The SMILES string of the molecule is CCCCc1ccc(C2CCC3CC(C4CCC(CC)CC4)CCC3C2)cc1F. The summed E-state index contributed by atoms with van der Waals surface area (Å²) < 4.78 is 14.6. The van der Waals surface area contributed by atoms with E-state index in [0.717, 1.165) is 54.4 Å². The summed E-state index contributed by atoms with van der Waals surface area (Å²) in [5.41, 5.74) is 2.20. The van der Waals surface area contributed by atoms with Gasteiger partial charge in [0.1, 0.15) is 5.82 Å². The van der Waals surface area contributed by atoms with E-state index in [2.05, 4.69) is 26.0 Å². The number of benzene rings is 1.